The quantitative estimate of drug-likeness (QED) is 0.872. The van der Waals surface area contributed by atoms with Crippen molar-refractivity contribution in [2.75, 3.05) is 5.32 Å². The molecule has 0 unspecified atom stereocenters. The molecule has 20 heavy (non-hydrogen) atoms. The van der Waals surface area contributed by atoms with Crippen molar-refractivity contribution >= 4 is 28.3 Å². The van der Waals surface area contributed by atoms with E-state index in [1.165, 1.54) is 19.1 Å². The molecule has 0 aromatic heterocycles. The molecule has 1 rings (SSSR count). The lowest BCUT2D eigenvalue weighted by Gasteiger charge is -2.14. The van der Waals surface area contributed by atoms with Gasteiger partial charge in [-0.15, -0.1) is 0 Å². The van der Waals surface area contributed by atoms with E-state index in [-0.39, 0.29) is 11.6 Å². The third kappa shape index (κ3) is 4.52. The minimum atomic E-state index is -1.39. The van der Waals surface area contributed by atoms with E-state index in [1.54, 1.807) is 13.0 Å². The molecule has 1 aromatic rings. The van der Waals surface area contributed by atoms with Gasteiger partial charge in [0.1, 0.15) is 16.8 Å². The fraction of sp³-hybridized carbons (Fsp3) is 0.429. The number of nitrogens with one attached hydrogen (secondary N) is 1. The number of hydrogen-bond donors (Lipinski definition) is 1. The molecule has 6 heteroatoms. The molecule has 0 heterocycles. The molecular weight excluding hydrogens is 279 g/mol. The maximum atomic E-state index is 13.8. The Kier molecular flexibility index (Phi) is 5.16. The van der Waals surface area contributed by atoms with Crippen molar-refractivity contribution in [3.8, 4) is 0 Å². The zero-order chi connectivity index (χ0) is 15.5. The molecule has 110 valence electrons. The average Bonchev–Trinajstić information content (AvgIpc) is 2.29. The van der Waals surface area contributed by atoms with Gasteiger partial charge in [-0.05, 0) is 45.4 Å². The highest BCUT2D eigenvalue weighted by atomic mass is 32.2. The summed E-state index contributed by atoms with van der Waals surface area (Å²) in [4.78, 5) is 10.9. The van der Waals surface area contributed by atoms with E-state index < -0.39 is 21.5 Å². The van der Waals surface area contributed by atoms with Gasteiger partial charge in [0, 0.05) is 6.92 Å². The zero-order valence-electron chi connectivity index (χ0n) is 12.3. The summed E-state index contributed by atoms with van der Waals surface area (Å²) in [6.07, 6.45) is 0. The lowest BCUT2D eigenvalue weighted by atomic mass is 10.1. The maximum absolute atomic E-state index is 13.8. The van der Waals surface area contributed by atoms with Crippen LogP contribution in [0.15, 0.2) is 22.6 Å². The van der Waals surface area contributed by atoms with Crippen LogP contribution in [-0.4, -0.2) is 20.6 Å². The summed E-state index contributed by atoms with van der Waals surface area (Å²) in [5.41, 5.74) is 1.15. The molecule has 0 radical (unpaired) electrons. The first-order valence-electron chi connectivity index (χ1n) is 6.16. The smallest absolute Gasteiger partial charge is 0.221 e. The first-order valence-corrected chi connectivity index (χ1v) is 7.26. The topological polar surface area (TPSA) is 58.5 Å². The molecule has 0 bridgehead atoms. The average molecular weight is 298 g/mol. The summed E-state index contributed by atoms with van der Waals surface area (Å²) in [5, 5.41) is 2.39. The highest BCUT2D eigenvalue weighted by molar-refractivity contribution is 7.85. The van der Waals surface area contributed by atoms with Crippen molar-refractivity contribution in [1.29, 1.82) is 0 Å². The Morgan fingerprint density at radius 1 is 1.30 bits per heavy atom. The molecule has 0 saturated carbocycles. The van der Waals surface area contributed by atoms with Gasteiger partial charge in [-0.25, -0.2) is 8.60 Å². The van der Waals surface area contributed by atoms with Crippen molar-refractivity contribution in [3.05, 3.63) is 29.6 Å². The summed E-state index contributed by atoms with van der Waals surface area (Å²) < 4.78 is 29.3. The Hall–Kier alpha value is -1.56. The van der Waals surface area contributed by atoms with E-state index in [4.69, 9.17) is 0 Å². The third-order valence-electron chi connectivity index (χ3n) is 2.44. The fourth-order valence-electron chi connectivity index (χ4n) is 1.35. The number of benzene rings is 1. The first-order chi connectivity index (χ1) is 9.11. The number of halogens is 1. The predicted octanol–water partition coefficient (Wildman–Crippen LogP) is 3.06. The Morgan fingerprint density at radius 3 is 2.35 bits per heavy atom. The standard InChI is InChI=1S/C14H19FN2O2S/c1-9(17-20(19)14(3,4)5)11-6-7-13(12(15)8-11)16-10(2)18/h6-8H,1-5H3,(H,16,18)/b17-9+/t20-/m0/s1. The van der Waals surface area contributed by atoms with Crippen LogP contribution in [0.4, 0.5) is 10.1 Å². The number of amides is 1. The summed E-state index contributed by atoms with van der Waals surface area (Å²) >= 11 is 0. The van der Waals surface area contributed by atoms with Gasteiger partial charge in [-0.1, -0.05) is 6.07 Å². The molecule has 1 amide bonds. The van der Waals surface area contributed by atoms with Crippen LogP contribution in [-0.2, 0) is 15.8 Å². The minimum absolute atomic E-state index is 0.117. The van der Waals surface area contributed by atoms with Gasteiger partial charge in [0.2, 0.25) is 5.91 Å². The Bertz CT molecular complexity index is 577. The Morgan fingerprint density at radius 2 is 1.90 bits per heavy atom. The first kappa shape index (κ1) is 16.5. The van der Waals surface area contributed by atoms with E-state index in [9.17, 15) is 13.4 Å². The lowest BCUT2D eigenvalue weighted by Crippen LogP contribution is -2.20. The second kappa shape index (κ2) is 6.26. The van der Waals surface area contributed by atoms with Crippen LogP contribution in [0.3, 0.4) is 0 Å². The van der Waals surface area contributed by atoms with Crippen LogP contribution in [0.2, 0.25) is 0 Å². The van der Waals surface area contributed by atoms with Gasteiger partial charge in [-0.2, -0.15) is 4.40 Å². The molecule has 0 aliphatic rings. The van der Waals surface area contributed by atoms with Crippen molar-refractivity contribution in [2.24, 2.45) is 4.40 Å². The van der Waals surface area contributed by atoms with Gasteiger partial charge < -0.3 is 5.32 Å². The van der Waals surface area contributed by atoms with E-state index in [1.807, 2.05) is 20.8 Å². The number of nitrogens with zero attached hydrogens (tertiary/aromatic N) is 1. The highest BCUT2D eigenvalue weighted by Crippen LogP contribution is 2.18. The minimum Gasteiger partial charge on any atom is -0.324 e. The monoisotopic (exact) mass is 298 g/mol. The lowest BCUT2D eigenvalue weighted by molar-refractivity contribution is -0.114. The second-order valence-corrected chi connectivity index (χ2v) is 7.32. The predicted molar refractivity (Wildman–Crippen MR) is 80.8 cm³/mol. The van der Waals surface area contributed by atoms with Gasteiger partial charge in [0.25, 0.3) is 0 Å². The molecule has 0 fully saturated rings. The summed E-state index contributed by atoms with van der Waals surface area (Å²) in [5.74, 6) is -0.885. The van der Waals surface area contributed by atoms with Crippen LogP contribution < -0.4 is 5.32 Å². The molecule has 0 aliphatic heterocycles. The maximum Gasteiger partial charge on any atom is 0.221 e. The largest absolute Gasteiger partial charge is 0.324 e. The van der Waals surface area contributed by atoms with Gasteiger partial charge in [0.05, 0.1) is 16.1 Å². The van der Waals surface area contributed by atoms with Crippen LogP contribution in [0.5, 0.6) is 0 Å². The zero-order valence-corrected chi connectivity index (χ0v) is 13.1. The van der Waals surface area contributed by atoms with E-state index in [2.05, 4.69) is 9.71 Å². The van der Waals surface area contributed by atoms with Crippen molar-refractivity contribution < 1.29 is 13.4 Å². The number of rotatable bonds is 3. The third-order valence-corrected chi connectivity index (χ3v) is 3.93. The van der Waals surface area contributed by atoms with Crippen LogP contribution >= 0.6 is 0 Å². The molecule has 1 N–H and O–H groups in total. The Labute approximate surface area is 121 Å². The summed E-state index contributed by atoms with van der Waals surface area (Å²) in [7, 11) is -1.39. The molecule has 0 saturated heterocycles. The van der Waals surface area contributed by atoms with Gasteiger partial charge >= 0.3 is 0 Å². The number of anilines is 1. The number of carbonyl (C=O) groups is 1. The van der Waals surface area contributed by atoms with Crippen LogP contribution in [0.1, 0.15) is 40.2 Å². The normalized spacial score (nSPS) is 14.0. The molecular formula is C14H19FN2O2S. The molecule has 1 aromatic carbocycles. The summed E-state index contributed by atoms with van der Waals surface area (Å²) in [6, 6.07) is 4.36. The van der Waals surface area contributed by atoms with Crippen molar-refractivity contribution in [3.63, 3.8) is 0 Å². The van der Waals surface area contributed by atoms with Crippen molar-refractivity contribution in [2.45, 2.75) is 39.4 Å². The molecule has 0 spiro atoms. The molecule has 4 nitrogen and oxygen atoms in total. The van der Waals surface area contributed by atoms with Crippen LogP contribution in [0, 0.1) is 5.82 Å². The Balaban J connectivity index is 3.04. The van der Waals surface area contributed by atoms with E-state index in [0.29, 0.717) is 11.3 Å². The highest BCUT2D eigenvalue weighted by Gasteiger charge is 2.19. The molecule has 0 aliphatic carbocycles. The van der Waals surface area contributed by atoms with Crippen molar-refractivity contribution in [1.82, 2.24) is 0 Å². The van der Waals surface area contributed by atoms with E-state index in [0.717, 1.165) is 0 Å². The van der Waals surface area contributed by atoms with Crippen LogP contribution in [0.25, 0.3) is 0 Å². The van der Waals surface area contributed by atoms with Gasteiger partial charge in [-0.3, -0.25) is 4.79 Å². The summed E-state index contributed by atoms with van der Waals surface area (Å²) in [6.45, 7) is 8.45. The van der Waals surface area contributed by atoms with Gasteiger partial charge in [0.15, 0.2) is 0 Å². The SMILES string of the molecule is CC(=O)Nc1ccc(/C(C)=N/[S@@](=O)C(C)(C)C)cc1F. The molecule has 1 atom stereocenters. The second-order valence-electron chi connectivity index (χ2n) is 5.41. The fourth-order valence-corrected chi connectivity index (χ4v) is 1.97. The number of carbonyl (C=O) groups excluding carboxylic acids is 1. The van der Waals surface area contributed by atoms with E-state index >= 15 is 0 Å². The number of hydrogen-bond acceptors (Lipinski definition) is 2.